The lowest BCUT2D eigenvalue weighted by molar-refractivity contribution is 0.103. The van der Waals surface area contributed by atoms with Crippen molar-refractivity contribution in [2.75, 3.05) is 0 Å². The number of hydrogen-bond acceptors (Lipinski definition) is 2. The van der Waals surface area contributed by atoms with E-state index < -0.39 is 0 Å². The first-order chi connectivity index (χ1) is 8.20. The zero-order chi connectivity index (χ0) is 12.3. The minimum Gasteiger partial charge on any atom is -0.288 e. The molecular formula is C13H13BrN2O. The van der Waals surface area contributed by atoms with Crippen LogP contribution in [0.5, 0.6) is 0 Å². The molecule has 1 aromatic heterocycles. The van der Waals surface area contributed by atoms with Crippen LogP contribution in [-0.2, 0) is 6.54 Å². The molecule has 0 radical (unpaired) electrons. The molecule has 0 amide bonds. The standard InChI is InChI=1S/C13H13BrN2O/c1-2-6-16-9-11(8-15-16)13(17)10-4-3-5-12(14)7-10/h3-5,7-9H,2,6H2,1H3. The maximum Gasteiger partial charge on any atom is 0.196 e. The lowest BCUT2D eigenvalue weighted by atomic mass is 10.1. The van der Waals surface area contributed by atoms with Crippen molar-refractivity contribution in [2.45, 2.75) is 19.9 Å². The molecule has 0 bridgehead atoms. The van der Waals surface area contributed by atoms with E-state index in [-0.39, 0.29) is 5.78 Å². The van der Waals surface area contributed by atoms with E-state index in [1.807, 2.05) is 24.3 Å². The summed E-state index contributed by atoms with van der Waals surface area (Å²) in [6.45, 7) is 2.92. The van der Waals surface area contributed by atoms with Crippen molar-refractivity contribution in [1.29, 1.82) is 0 Å². The van der Waals surface area contributed by atoms with Crippen LogP contribution in [0.4, 0.5) is 0 Å². The number of hydrogen-bond donors (Lipinski definition) is 0. The van der Waals surface area contributed by atoms with Gasteiger partial charge in [-0.1, -0.05) is 35.0 Å². The third kappa shape index (κ3) is 2.82. The van der Waals surface area contributed by atoms with Gasteiger partial charge in [0.05, 0.1) is 11.8 Å². The Morgan fingerprint density at radius 1 is 1.41 bits per heavy atom. The van der Waals surface area contributed by atoms with Gasteiger partial charge in [-0.2, -0.15) is 5.10 Å². The Morgan fingerprint density at radius 3 is 2.94 bits per heavy atom. The molecule has 2 aromatic rings. The van der Waals surface area contributed by atoms with E-state index in [0.717, 1.165) is 17.4 Å². The van der Waals surface area contributed by atoms with Crippen LogP contribution >= 0.6 is 15.9 Å². The largest absolute Gasteiger partial charge is 0.288 e. The maximum atomic E-state index is 12.1. The first kappa shape index (κ1) is 12.0. The molecule has 0 aliphatic carbocycles. The van der Waals surface area contributed by atoms with Crippen LogP contribution in [0.2, 0.25) is 0 Å². The molecule has 3 nitrogen and oxygen atoms in total. The monoisotopic (exact) mass is 292 g/mol. The number of halogens is 1. The lowest BCUT2D eigenvalue weighted by Crippen LogP contribution is -2.00. The maximum absolute atomic E-state index is 12.1. The highest BCUT2D eigenvalue weighted by Crippen LogP contribution is 2.15. The highest BCUT2D eigenvalue weighted by Gasteiger charge is 2.11. The van der Waals surface area contributed by atoms with Crippen molar-refractivity contribution in [3.63, 3.8) is 0 Å². The average Bonchev–Trinajstić information content (AvgIpc) is 2.77. The molecule has 0 unspecified atom stereocenters. The van der Waals surface area contributed by atoms with E-state index in [1.165, 1.54) is 0 Å². The van der Waals surface area contributed by atoms with Crippen LogP contribution in [0.25, 0.3) is 0 Å². The van der Waals surface area contributed by atoms with Crippen LogP contribution in [0.3, 0.4) is 0 Å². The van der Waals surface area contributed by atoms with Crippen LogP contribution < -0.4 is 0 Å². The number of carbonyl (C=O) groups is 1. The minimum atomic E-state index is 0.00801. The molecule has 0 aliphatic rings. The van der Waals surface area contributed by atoms with E-state index in [9.17, 15) is 4.79 Å². The number of aryl methyl sites for hydroxylation is 1. The predicted octanol–water partition coefficient (Wildman–Crippen LogP) is 3.29. The highest BCUT2D eigenvalue weighted by atomic mass is 79.9. The smallest absolute Gasteiger partial charge is 0.196 e. The quantitative estimate of drug-likeness (QED) is 0.811. The fraction of sp³-hybridized carbons (Fsp3) is 0.231. The molecule has 0 saturated heterocycles. The third-order valence-electron chi connectivity index (χ3n) is 2.43. The zero-order valence-corrected chi connectivity index (χ0v) is 11.1. The molecule has 0 aliphatic heterocycles. The van der Waals surface area contributed by atoms with Gasteiger partial charge in [0.1, 0.15) is 0 Å². The molecule has 0 atom stereocenters. The van der Waals surface area contributed by atoms with Crippen molar-refractivity contribution in [3.05, 3.63) is 52.3 Å². The van der Waals surface area contributed by atoms with E-state index in [1.54, 1.807) is 17.1 Å². The van der Waals surface area contributed by atoms with Gasteiger partial charge in [0.15, 0.2) is 5.78 Å². The summed E-state index contributed by atoms with van der Waals surface area (Å²) in [5.41, 5.74) is 1.31. The Bertz CT molecular complexity index is 534. The van der Waals surface area contributed by atoms with Gasteiger partial charge in [0.2, 0.25) is 0 Å². The van der Waals surface area contributed by atoms with Crippen LogP contribution in [0.1, 0.15) is 29.3 Å². The Hall–Kier alpha value is -1.42. The van der Waals surface area contributed by atoms with Gasteiger partial charge in [0, 0.05) is 22.8 Å². The highest BCUT2D eigenvalue weighted by molar-refractivity contribution is 9.10. The Kier molecular flexibility index (Phi) is 3.74. The molecule has 88 valence electrons. The molecular weight excluding hydrogens is 280 g/mol. The first-order valence-electron chi connectivity index (χ1n) is 5.53. The van der Waals surface area contributed by atoms with Gasteiger partial charge < -0.3 is 0 Å². The normalized spacial score (nSPS) is 10.5. The number of nitrogens with zero attached hydrogens (tertiary/aromatic N) is 2. The first-order valence-corrected chi connectivity index (χ1v) is 6.32. The van der Waals surface area contributed by atoms with Gasteiger partial charge in [-0.15, -0.1) is 0 Å². The number of carbonyl (C=O) groups excluding carboxylic acids is 1. The summed E-state index contributed by atoms with van der Waals surface area (Å²) in [6.07, 6.45) is 4.43. The summed E-state index contributed by atoms with van der Waals surface area (Å²) < 4.78 is 2.70. The minimum absolute atomic E-state index is 0.00801. The van der Waals surface area contributed by atoms with Crippen LogP contribution in [0, 0.1) is 0 Å². The average molecular weight is 293 g/mol. The van der Waals surface area contributed by atoms with Gasteiger partial charge in [-0.3, -0.25) is 9.48 Å². The topological polar surface area (TPSA) is 34.9 Å². The van der Waals surface area contributed by atoms with E-state index in [2.05, 4.69) is 28.0 Å². The summed E-state index contributed by atoms with van der Waals surface area (Å²) in [4.78, 5) is 12.1. The molecule has 0 spiro atoms. The van der Waals surface area contributed by atoms with Crippen molar-refractivity contribution in [3.8, 4) is 0 Å². The second kappa shape index (κ2) is 5.27. The predicted molar refractivity (Wildman–Crippen MR) is 70.1 cm³/mol. The number of ketones is 1. The number of aromatic nitrogens is 2. The molecule has 17 heavy (non-hydrogen) atoms. The Labute approximate surface area is 109 Å². The van der Waals surface area contributed by atoms with E-state index in [4.69, 9.17) is 0 Å². The zero-order valence-electron chi connectivity index (χ0n) is 9.56. The Balaban J connectivity index is 2.24. The molecule has 4 heteroatoms. The number of benzene rings is 1. The van der Waals surface area contributed by atoms with Gasteiger partial charge >= 0.3 is 0 Å². The number of rotatable bonds is 4. The Morgan fingerprint density at radius 2 is 2.24 bits per heavy atom. The van der Waals surface area contributed by atoms with Crippen LogP contribution in [0.15, 0.2) is 41.1 Å². The summed E-state index contributed by atoms with van der Waals surface area (Å²) >= 11 is 3.36. The van der Waals surface area contributed by atoms with E-state index in [0.29, 0.717) is 11.1 Å². The van der Waals surface area contributed by atoms with Gasteiger partial charge in [-0.25, -0.2) is 0 Å². The van der Waals surface area contributed by atoms with Crippen molar-refractivity contribution >= 4 is 21.7 Å². The summed E-state index contributed by atoms with van der Waals surface area (Å²) in [5.74, 6) is 0.00801. The second-order valence-electron chi connectivity index (χ2n) is 3.83. The summed E-state index contributed by atoms with van der Waals surface area (Å²) in [6, 6.07) is 7.38. The summed E-state index contributed by atoms with van der Waals surface area (Å²) in [7, 11) is 0. The lowest BCUT2D eigenvalue weighted by Gasteiger charge is -1.98. The molecule has 0 N–H and O–H groups in total. The molecule has 1 heterocycles. The second-order valence-corrected chi connectivity index (χ2v) is 4.75. The molecule has 0 saturated carbocycles. The van der Waals surface area contributed by atoms with Crippen LogP contribution in [-0.4, -0.2) is 15.6 Å². The molecule has 0 fully saturated rings. The fourth-order valence-electron chi connectivity index (χ4n) is 1.63. The van der Waals surface area contributed by atoms with Crippen molar-refractivity contribution in [1.82, 2.24) is 9.78 Å². The van der Waals surface area contributed by atoms with Crippen molar-refractivity contribution < 1.29 is 4.79 Å². The van der Waals surface area contributed by atoms with E-state index >= 15 is 0 Å². The molecule has 1 aromatic carbocycles. The SMILES string of the molecule is CCCn1cc(C(=O)c2cccc(Br)c2)cn1. The van der Waals surface area contributed by atoms with Gasteiger partial charge in [-0.05, 0) is 18.6 Å². The van der Waals surface area contributed by atoms with Crippen molar-refractivity contribution in [2.24, 2.45) is 0 Å². The molecule has 2 rings (SSSR count). The fourth-order valence-corrected chi connectivity index (χ4v) is 2.03. The summed E-state index contributed by atoms with van der Waals surface area (Å²) in [5, 5.41) is 4.16. The van der Waals surface area contributed by atoms with Gasteiger partial charge in [0.25, 0.3) is 0 Å². The third-order valence-corrected chi connectivity index (χ3v) is 2.93.